The largest absolute Gasteiger partial charge is 0.479 e. The van der Waals surface area contributed by atoms with Crippen molar-refractivity contribution in [2.75, 3.05) is 13.2 Å². The van der Waals surface area contributed by atoms with Gasteiger partial charge >= 0.3 is 12.1 Å². The SMILES string of the molecule is O=C(NC(CC(F)F)C(=O)NCCC(O)C(=O)O)OCC1c2ccccc2-c2ccccc21. The number of aliphatic hydroxyl groups excluding tert-OH is 1. The second kappa shape index (κ2) is 10.9. The molecule has 0 aliphatic heterocycles. The van der Waals surface area contributed by atoms with Gasteiger partial charge in [-0.15, -0.1) is 0 Å². The number of nitrogens with one attached hydrogen (secondary N) is 2. The number of carbonyl (C=O) groups excluding carboxylic acids is 2. The highest BCUT2D eigenvalue weighted by molar-refractivity contribution is 5.86. The summed E-state index contributed by atoms with van der Waals surface area (Å²) < 4.78 is 31.1. The maximum Gasteiger partial charge on any atom is 0.407 e. The van der Waals surface area contributed by atoms with Gasteiger partial charge in [-0.05, 0) is 22.3 Å². The summed E-state index contributed by atoms with van der Waals surface area (Å²) in [5.41, 5.74) is 4.01. The van der Waals surface area contributed by atoms with E-state index in [-0.39, 0.29) is 25.5 Å². The van der Waals surface area contributed by atoms with E-state index in [4.69, 9.17) is 9.84 Å². The van der Waals surface area contributed by atoms with Gasteiger partial charge in [0.2, 0.25) is 12.3 Å². The molecule has 2 amide bonds. The van der Waals surface area contributed by atoms with Gasteiger partial charge in [-0.3, -0.25) is 4.79 Å². The van der Waals surface area contributed by atoms with Crippen LogP contribution in [0.3, 0.4) is 0 Å². The Morgan fingerprint density at radius 3 is 2.12 bits per heavy atom. The average Bonchev–Trinajstić information content (AvgIpc) is 3.10. The van der Waals surface area contributed by atoms with Crippen molar-refractivity contribution in [3.63, 3.8) is 0 Å². The molecule has 2 aromatic rings. The van der Waals surface area contributed by atoms with Crippen LogP contribution in [-0.4, -0.2) is 59.9 Å². The number of rotatable bonds is 10. The molecule has 2 atom stereocenters. The van der Waals surface area contributed by atoms with Gasteiger partial charge in [0.05, 0.1) is 0 Å². The number of halogens is 2. The summed E-state index contributed by atoms with van der Waals surface area (Å²) in [6, 6.07) is 13.8. The van der Waals surface area contributed by atoms with Gasteiger partial charge in [0.25, 0.3) is 0 Å². The predicted octanol–water partition coefficient (Wildman–Crippen LogP) is 2.50. The minimum atomic E-state index is -2.88. The zero-order valence-corrected chi connectivity index (χ0v) is 17.5. The predicted molar refractivity (Wildman–Crippen MR) is 114 cm³/mol. The highest BCUT2D eigenvalue weighted by Crippen LogP contribution is 2.44. The van der Waals surface area contributed by atoms with E-state index in [1.54, 1.807) is 0 Å². The molecular formula is C23H24F2N2O6. The van der Waals surface area contributed by atoms with Crippen molar-refractivity contribution in [1.82, 2.24) is 10.6 Å². The highest BCUT2D eigenvalue weighted by Gasteiger charge is 2.30. The maximum atomic E-state index is 12.9. The van der Waals surface area contributed by atoms with Crippen LogP contribution in [0, 0.1) is 0 Å². The second-order valence-corrected chi connectivity index (χ2v) is 7.58. The molecule has 0 heterocycles. The van der Waals surface area contributed by atoms with Gasteiger partial charge in [-0.1, -0.05) is 48.5 Å². The number of hydrogen-bond acceptors (Lipinski definition) is 5. The molecule has 8 nitrogen and oxygen atoms in total. The molecule has 2 unspecified atom stereocenters. The standard InChI is InChI=1S/C23H24F2N2O6/c24-20(25)11-18(21(29)26-10-9-19(28)22(30)31)27-23(32)33-12-17-15-7-3-1-5-13(15)14-6-2-4-8-16(14)17/h1-8,17-20,28H,9-12H2,(H,26,29)(H,27,32)(H,30,31). The molecule has 0 saturated heterocycles. The number of benzene rings is 2. The fourth-order valence-corrected chi connectivity index (χ4v) is 3.77. The number of carboxylic acids is 1. The summed E-state index contributed by atoms with van der Waals surface area (Å²) >= 11 is 0. The summed E-state index contributed by atoms with van der Waals surface area (Å²) in [4.78, 5) is 35.1. The Labute approximate surface area is 188 Å². The number of aliphatic carboxylic acids is 1. The van der Waals surface area contributed by atoms with Gasteiger partial charge in [0.1, 0.15) is 12.6 Å². The Balaban J connectivity index is 1.59. The van der Waals surface area contributed by atoms with E-state index in [1.807, 2.05) is 48.5 Å². The molecule has 1 aliphatic carbocycles. The normalized spacial score (nSPS) is 14.2. The van der Waals surface area contributed by atoms with Gasteiger partial charge < -0.3 is 25.6 Å². The van der Waals surface area contributed by atoms with E-state index in [1.165, 1.54) is 0 Å². The Morgan fingerprint density at radius 1 is 1.00 bits per heavy atom. The lowest BCUT2D eigenvalue weighted by Crippen LogP contribution is -2.48. The van der Waals surface area contributed by atoms with Crippen LogP contribution in [0.5, 0.6) is 0 Å². The number of alkyl halides is 2. The highest BCUT2D eigenvalue weighted by atomic mass is 19.3. The first-order valence-electron chi connectivity index (χ1n) is 10.4. The smallest absolute Gasteiger partial charge is 0.407 e. The summed E-state index contributed by atoms with van der Waals surface area (Å²) in [6.45, 7) is -0.313. The van der Waals surface area contributed by atoms with E-state index >= 15 is 0 Å². The van der Waals surface area contributed by atoms with Crippen molar-refractivity contribution in [1.29, 1.82) is 0 Å². The molecule has 176 valence electrons. The third kappa shape index (κ3) is 6.04. The Bertz CT molecular complexity index is 970. The zero-order valence-electron chi connectivity index (χ0n) is 17.5. The van der Waals surface area contributed by atoms with Crippen LogP contribution in [0.15, 0.2) is 48.5 Å². The van der Waals surface area contributed by atoms with Crippen LogP contribution in [-0.2, 0) is 14.3 Å². The molecule has 0 radical (unpaired) electrons. The molecule has 0 spiro atoms. The average molecular weight is 462 g/mol. The molecule has 3 rings (SSSR count). The minimum Gasteiger partial charge on any atom is -0.479 e. The quantitative estimate of drug-likeness (QED) is 0.430. The van der Waals surface area contributed by atoms with Crippen molar-refractivity contribution in [3.8, 4) is 11.1 Å². The van der Waals surface area contributed by atoms with Crippen LogP contribution in [0.25, 0.3) is 11.1 Å². The molecule has 0 bridgehead atoms. The van der Waals surface area contributed by atoms with Crippen molar-refractivity contribution in [2.24, 2.45) is 0 Å². The molecule has 4 N–H and O–H groups in total. The van der Waals surface area contributed by atoms with Crippen molar-refractivity contribution < 1.29 is 38.1 Å². The Morgan fingerprint density at radius 2 is 1.58 bits per heavy atom. The number of fused-ring (bicyclic) bond motifs is 3. The monoisotopic (exact) mass is 462 g/mol. The molecule has 0 fully saturated rings. The van der Waals surface area contributed by atoms with Crippen molar-refractivity contribution in [3.05, 3.63) is 59.7 Å². The molecule has 2 aromatic carbocycles. The van der Waals surface area contributed by atoms with E-state index in [0.717, 1.165) is 22.3 Å². The summed E-state index contributed by atoms with van der Waals surface area (Å²) in [6.07, 6.45) is -6.86. The van der Waals surface area contributed by atoms with Crippen molar-refractivity contribution >= 4 is 18.0 Å². The Kier molecular flexibility index (Phi) is 7.94. The number of amides is 2. The molecule has 33 heavy (non-hydrogen) atoms. The van der Waals surface area contributed by atoms with Gasteiger partial charge in [-0.25, -0.2) is 18.4 Å². The van der Waals surface area contributed by atoms with Gasteiger partial charge in [0.15, 0.2) is 6.10 Å². The fourth-order valence-electron chi connectivity index (χ4n) is 3.77. The lowest BCUT2D eigenvalue weighted by atomic mass is 9.98. The third-order valence-corrected chi connectivity index (χ3v) is 5.37. The zero-order chi connectivity index (χ0) is 24.0. The van der Waals surface area contributed by atoms with Crippen LogP contribution in [0.2, 0.25) is 0 Å². The molecule has 10 heteroatoms. The maximum absolute atomic E-state index is 12.9. The third-order valence-electron chi connectivity index (χ3n) is 5.37. The van der Waals surface area contributed by atoms with Crippen LogP contribution < -0.4 is 10.6 Å². The van der Waals surface area contributed by atoms with E-state index in [9.17, 15) is 28.3 Å². The molecular weight excluding hydrogens is 438 g/mol. The van der Waals surface area contributed by atoms with Crippen LogP contribution in [0.1, 0.15) is 29.9 Å². The number of carbonyl (C=O) groups is 3. The first kappa shape index (κ1) is 24.1. The van der Waals surface area contributed by atoms with Crippen LogP contribution >= 0.6 is 0 Å². The summed E-state index contributed by atoms with van der Waals surface area (Å²) in [5, 5.41) is 22.2. The molecule has 0 aromatic heterocycles. The first-order chi connectivity index (χ1) is 15.8. The number of hydrogen-bond donors (Lipinski definition) is 4. The lowest BCUT2D eigenvalue weighted by Gasteiger charge is -2.19. The van der Waals surface area contributed by atoms with Gasteiger partial charge in [-0.2, -0.15) is 0 Å². The second-order valence-electron chi connectivity index (χ2n) is 7.58. The van der Waals surface area contributed by atoms with E-state index < -0.39 is 43.0 Å². The van der Waals surface area contributed by atoms with E-state index in [0.29, 0.717) is 0 Å². The number of alkyl carbamates (subject to hydrolysis) is 1. The fraction of sp³-hybridized carbons (Fsp3) is 0.348. The topological polar surface area (TPSA) is 125 Å². The number of ether oxygens (including phenoxy) is 1. The molecule has 0 saturated carbocycles. The van der Waals surface area contributed by atoms with Gasteiger partial charge in [0, 0.05) is 25.3 Å². The summed E-state index contributed by atoms with van der Waals surface area (Å²) in [5.74, 6) is -2.63. The first-order valence-corrected chi connectivity index (χ1v) is 10.4. The Hall–Kier alpha value is -3.53. The van der Waals surface area contributed by atoms with Crippen molar-refractivity contribution in [2.45, 2.75) is 37.3 Å². The minimum absolute atomic E-state index is 0.0479. The number of carboxylic acid groups (broad SMARTS) is 1. The lowest BCUT2D eigenvalue weighted by molar-refractivity contribution is -0.147. The van der Waals surface area contributed by atoms with Crippen LogP contribution in [0.4, 0.5) is 13.6 Å². The van der Waals surface area contributed by atoms with E-state index in [2.05, 4.69) is 10.6 Å². The number of aliphatic hydroxyl groups is 1. The summed E-state index contributed by atoms with van der Waals surface area (Å²) in [7, 11) is 0. The molecule has 1 aliphatic rings.